The number of aryl methyl sites for hydroxylation is 1. The molecule has 158 valence electrons. The number of carbonyl (C=O) groups is 1. The number of nitrogens with one attached hydrogen (secondary N) is 2. The third-order valence-corrected chi connectivity index (χ3v) is 5.44. The van der Waals surface area contributed by atoms with Crippen LogP contribution in [0.2, 0.25) is 0 Å². The molecule has 4 rings (SSSR count). The molecule has 1 saturated carbocycles. The second-order valence-electron chi connectivity index (χ2n) is 7.63. The van der Waals surface area contributed by atoms with Crippen molar-refractivity contribution in [1.29, 1.82) is 0 Å². The van der Waals surface area contributed by atoms with Crippen molar-refractivity contribution in [3.63, 3.8) is 0 Å². The lowest BCUT2D eigenvalue weighted by Crippen LogP contribution is -2.40. The number of hydrogen-bond donors (Lipinski definition) is 4. The number of amides is 1. The predicted octanol–water partition coefficient (Wildman–Crippen LogP) is 2.16. The molecule has 2 heterocycles. The number of primary amides is 1. The zero-order chi connectivity index (χ0) is 21.1. The molecule has 0 spiro atoms. The number of fused-ring (bicyclic) bond motifs is 1. The Balaban J connectivity index is 1.60. The van der Waals surface area contributed by atoms with Crippen molar-refractivity contribution in [3.05, 3.63) is 30.1 Å². The minimum Gasteiger partial charge on any atom is -0.364 e. The second kappa shape index (κ2) is 8.62. The fourth-order valence-corrected chi connectivity index (χ4v) is 3.77. The standard InChI is InChI=1S/C20H27N9O/c1-2-29-11-12-10-13(8-9-15(12)28-29)23-19-17(18(22)30)26-27-20(25-19)24-16-7-5-3-4-6-14(16)21/h8-11,14,16H,2-7,21H2,1H3,(H2,22,30)(H2,23,24,25,27)/t14-,16+/m0/s1. The van der Waals surface area contributed by atoms with Crippen molar-refractivity contribution < 1.29 is 4.79 Å². The van der Waals surface area contributed by atoms with E-state index in [1.165, 1.54) is 6.42 Å². The molecule has 10 nitrogen and oxygen atoms in total. The molecule has 1 amide bonds. The molecule has 10 heteroatoms. The van der Waals surface area contributed by atoms with E-state index >= 15 is 0 Å². The summed E-state index contributed by atoms with van der Waals surface area (Å²) in [5, 5.41) is 19.9. The summed E-state index contributed by atoms with van der Waals surface area (Å²) in [5.74, 6) is -0.121. The number of benzene rings is 1. The number of carbonyl (C=O) groups excluding carboxylic acids is 1. The maximum atomic E-state index is 11.9. The van der Waals surface area contributed by atoms with E-state index in [0.717, 1.165) is 48.8 Å². The first-order valence-corrected chi connectivity index (χ1v) is 10.3. The highest BCUT2D eigenvalue weighted by atomic mass is 16.1. The van der Waals surface area contributed by atoms with Crippen LogP contribution in [0.25, 0.3) is 10.9 Å². The minimum absolute atomic E-state index is 0.0185. The average molecular weight is 409 g/mol. The number of rotatable bonds is 6. The van der Waals surface area contributed by atoms with Crippen molar-refractivity contribution in [2.75, 3.05) is 10.6 Å². The fraction of sp³-hybridized carbons (Fsp3) is 0.450. The van der Waals surface area contributed by atoms with Crippen LogP contribution in [0.4, 0.5) is 17.5 Å². The molecule has 1 aromatic carbocycles. The Morgan fingerprint density at radius 1 is 1.23 bits per heavy atom. The first-order chi connectivity index (χ1) is 14.5. The van der Waals surface area contributed by atoms with Crippen molar-refractivity contribution in [2.45, 2.75) is 57.7 Å². The number of anilines is 3. The number of hydrogen-bond acceptors (Lipinski definition) is 8. The van der Waals surface area contributed by atoms with Gasteiger partial charge in [-0.05, 0) is 38.0 Å². The third-order valence-electron chi connectivity index (χ3n) is 5.44. The normalized spacial score (nSPS) is 19.4. The number of aromatic nitrogens is 5. The van der Waals surface area contributed by atoms with Crippen LogP contribution in [0.1, 0.15) is 49.5 Å². The molecule has 2 aromatic heterocycles. The van der Waals surface area contributed by atoms with Gasteiger partial charge in [-0.2, -0.15) is 10.1 Å². The Morgan fingerprint density at radius 2 is 2.07 bits per heavy atom. The maximum Gasteiger partial charge on any atom is 0.273 e. The molecule has 0 aliphatic heterocycles. The summed E-state index contributed by atoms with van der Waals surface area (Å²) in [6, 6.07) is 5.82. The van der Waals surface area contributed by atoms with Crippen LogP contribution in [0.15, 0.2) is 24.4 Å². The van der Waals surface area contributed by atoms with Gasteiger partial charge in [-0.25, -0.2) is 0 Å². The van der Waals surface area contributed by atoms with Gasteiger partial charge in [-0.15, -0.1) is 10.2 Å². The summed E-state index contributed by atoms with van der Waals surface area (Å²) in [6.45, 7) is 2.82. The summed E-state index contributed by atoms with van der Waals surface area (Å²) in [4.78, 5) is 16.3. The van der Waals surface area contributed by atoms with Gasteiger partial charge >= 0.3 is 0 Å². The quantitative estimate of drug-likeness (QED) is 0.452. The van der Waals surface area contributed by atoms with Gasteiger partial charge in [0.25, 0.3) is 5.91 Å². The summed E-state index contributed by atoms with van der Waals surface area (Å²) < 4.78 is 1.87. The molecule has 0 unspecified atom stereocenters. The Bertz CT molecular complexity index is 1050. The van der Waals surface area contributed by atoms with E-state index in [1.54, 1.807) is 0 Å². The van der Waals surface area contributed by atoms with Crippen LogP contribution < -0.4 is 22.1 Å². The zero-order valence-corrected chi connectivity index (χ0v) is 17.0. The van der Waals surface area contributed by atoms with E-state index in [0.29, 0.717) is 5.95 Å². The average Bonchev–Trinajstić information content (AvgIpc) is 3.04. The molecule has 0 saturated heterocycles. The molecular formula is C20H27N9O. The van der Waals surface area contributed by atoms with Crippen LogP contribution in [-0.4, -0.2) is 43.0 Å². The van der Waals surface area contributed by atoms with Gasteiger partial charge in [0.2, 0.25) is 5.95 Å². The van der Waals surface area contributed by atoms with Crippen LogP contribution >= 0.6 is 0 Å². The second-order valence-corrected chi connectivity index (χ2v) is 7.63. The van der Waals surface area contributed by atoms with Gasteiger partial charge in [0.05, 0.1) is 5.52 Å². The molecule has 0 bridgehead atoms. The Morgan fingerprint density at radius 3 is 2.87 bits per heavy atom. The topological polar surface area (TPSA) is 150 Å². The van der Waals surface area contributed by atoms with Gasteiger partial charge < -0.3 is 22.1 Å². The predicted molar refractivity (Wildman–Crippen MR) is 116 cm³/mol. The third kappa shape index (κ3) is 4.33. The SMILES string of the molecule is CCn1cc2cc(Nc3nc(N[C@@H]4CCCCC[C@@H]4N)nnc3C(N)=O)ccc2n1. The molecule has 2 atom stereocenters. The maximum absolute atomic E-state index is 11.9. The van der Waals surface area contributed by atoms with Gasteiger partial charge in [-0.1, -0.05) is 19.3 Å². The van der Waals surface area contributed by atoms with E-state index in [-0.39, 0.29) is 23.6 Å². The minimum atomic E-state index is -0.699. The van der Waals surface area contributed by atoms with Gasteiger partial charge in [0, 0.05) is 35.9 Å². The smallest absolute Gasteiger partial charge is 0.273 e. The number of nitrogens with zero attached hydrogens (tertiary/aromatic N) is 5. The Hall–Kier alpha value is -3.27. The summed E-state index contributed by atoms with van der Waals surface area (Å²) in [6.07, 6.45) is 7.28. The lowest BCUT2D eigenvalue weighted by atomic mass is 10.0. The molecule has 6 N–H and O–H groups in total. The summed E-state index contributed by atoms with van der Waals surface area (Å²) >= 11 is 0. The van der Waals surface area contributed by atoms with E-state index in [2.05, 4.69) is 30.9 Å². The van der Waals surface area contributed by atoms with Crippen LogP contribution in [0.3, 0.4) is 0 Å². The number of nitrogens with two attached hydrogens (primary N) is 2. The van der Waals surface area contributed by atoms with Gasteiger partial charge in [0.15, 0.2) is 11.5 Å². The largest absolute Gasteiger partial charge is 0.364 e. The van der Waals surface area contributed by atoms with Crippen molar-refractivity contribution >= 4 is 34.3 Å². The summed E-state index contributed by atoms with van der Waals surface area (Å²) in [7, 11) is 0. The first-order valence-electron chi connectivity index (χ1n) is 10.3. The molecule has 3 aromatic rings. The fourth-order valence-electron chi connectivity index (χ4n) is 3.77. The summed E-state index contributed by atoms with van der Waals surface area (Å²) in [5.41, 5.74) is 13.4. The lowest BCUT2D eigenvalue weighted by Gasteiger charge is -2.22. The van der Waals surface area contributed by atoms with E-state index in [9.17, 15) is 4.79 Å². The molecule has 1 aliphatic carbocycles. The molecule has 30 heavy (non-hydrogen) atoms. The van der Waals surface area contributed by atoms with E-state index in [4.69, 9.17) is 11.5 Å². The molecule has 1 aliphatic rings. The van der Waals surface area contributed by atoms with Crippen molar-refractivity contribution in [1.82, 2.24) is 25.0 Å². The molecule has 1 fully saturated rings. The molecular weight excluding hydrogens is 382 g/mol. The highest BCUT2D eigenvalue weighted by Crippen LogP contribution is 2.24. The van der Waals surface area contributed by atoms with Crippen LogP contribution in [0.5, 0.6) is 0 Å². The van der Waals surface area contributed by atoms with E-state index < -0.39 is 5.91 Å². The van der Waals surface area contributed by atoms with Gasteiger partial charge in [-0.3, -0.25) is 9.48 Å². The van der Waals surface area contributed by atoms with Crippen molar-refractivity contribution in [3.8, 4) is 0 Å². The van der Waals surface area contributed by atoms with Crippen molar-refractivity contribution in [2.24, 2.45) is 11.5 Å². The van der Waals surface area contributed by atoms with Gasteiger partial charge in [0.1, 0.15) is 0 Å². The first kappa shape index (κ1) is 20.0. The Kier molecular flexibility index (Phi) is 5.75. The highest BCUT2D eigenvalue weighted by molar-refractivity contribution is 5.96. The monoisotopic (exact) mass is 409 g/mol. The highest BCUT2D eigenvalue weighted by Gasteiger charge is 2.22. The van der Waals surface area contributed by atoms with Crippen LogP contribution in [-0.2, 0) is 6.54 Å². The zero-order valence-electron chi connectivity index (χ0n) is 17.0. The Labute approximate surface area is 174 Å². The van der Waals surface area contributed by atoms with E-state index in [1.807, 2.05) is 36.0 Å². The lowest BCUT2D eigenvalue weighted by molar-refractivity contribution is 0.0995. The van der Waals surface area contributed by atoms with Crippen LogP contribution in [0, 0.1) is 0 Å². The molecule has 0 radical (unpaired) electrons.